The van der Waals surface area contributed by atoms with Gasteiger partial charge in [0.2, 0.25) is 0 Å². The molecule has 2 aliphatic rings. The fourth-order valence-corrected chi connectivity index (χ4v) is 5.25. The lowest BCUT2D eigenvalue weighted by atomic mass is 9.88. The Morgan fingerprint density at radius 1 is 0.867 bits per heavy atom. The van der Waals surface area contributed by atoms with E-state index >= 15 is 0 Å². The van der Waals surface area contributed by atoms with E-state index in [1.54, 1.807) is 0 Å². The van der Waals surface area contributed by atoms with Crippen LogP contribution in [0.15, 0.2) is 78.9 Å². The summed E-state index contributed by atoms with van der Waals surface area (Å²) >= 11 is 0. The lowest BCUT2D eigenvalue weighted by Crippen LogP contribution is -2.41. The van der Waals surface area contributed by atoms with E-state index in [9.17, 15) is 5.11 Å². The van der Waals surface area contributed by atoms with Crippen molar-refractivity contribution in [1.82, 2.24) is 0 Å². The molecular formula is C28H28NO+. The number of benzene rings is 3. The Hall–Kier alpha value is -2.86. The van der Waals surface area contributed by atoms with Gasteiger partial charge in [-0.25, -0.2) is 0 Å². The standard InChI is InChI=1S/C28H28NO/c1-29(20-17-23(21-29)22-11-3-2-4-12-22)19-10-9-18-28(30)26-15-7-5-13-24(26)25-14-6-8-16-27(25)28/h2-8,11-16,23,30H,17-21H2,1H3/q+1/t23-,29?/m0/s1. The number of aliphatic hydroxyl groups is 1. The number of nitrogens with zero attached hydrogens (tertiary/aromatic N) is 1. The average Bonchev–Trinajstić information content (AvgIpc) is 3.30. The monoisotopic (exact) mass is 394 g/mol. The molecule has 1 aliphatic heterocycles. The second-order valence-electron chi connectivity index (χ2n) is 9.06. The van der Waals surface area contributed by atoms with Crippen molar-refractivity contribution < 1.29 is 9.59 Å². The Balaban J connectivity index is 1.32. The predicted octanol–water partition coefficient (Wildman–Crippen LogP) is 4.93. The Kier molecular flexibility index (Phi) is 4.74. The minimum absolute atomic E-state index is 0.434. The van der Waals surface area contributed by atoms with Crippen LogP contribution in [0.3, 0.4) is 0 Å². The van der Waals surface area contributed by atoms with Crippen molar-refractivity contribution in [2.45, 2.75) is 24.4 Å². The van der Waals surface area contributed by atoms with Crippen molar-refractivity contribution in [2.75, 3.05) is 26.7 Å². The maximum atomic E-state index is 11.6. The van der Waals surface area contributed by atoms with Crippen LogP contribution in [0.25, 0.3) is 11.1 Å². The van der Waals surface area contributed by atoms with Crippen molar-refractivity contribution in [3.05, 3.63) is 95.6 Å². The zero-order valence-corrected chi connectivity index (χ0v) is 17.5. The van der Waals surface area contributed by atoms with Crippen molar-refractivity contribution in [2.24, 2.45) is 0 Å². The van der Waals surface area contributed by atoms with Crippen LogP contribution in [0.1, 0.15) is 35.4 Å². The predicted molar refractivity (Wildman–Crippen MR) is 122 cm³/mol. The van der Waals surface area contributed by atoms with E-state index in [1.807, 2.05) is 36.4 Å². The summed E-state index contributed by atoms with van der Waals surface area (Å²) in [5, 5.41) is 11.6. The molecule has 0 amide bonds. The van der Waals surface area contributed by atoms with E-state index in [1.165, 1.54) is 12.0 Å². The normalized spacial score (nSPS) is 23.3. The van der Waals surface area contributed by atoms with Crippen LogP contribution in [0.2, 0.25) is 0 Å². The molecule has 1 unspecified atom stereocenters. The maximum Gasteiger partial charge on any atom is 0.140 e. The second kappa shape index (κ2) is 7.43. The molecule has 1 heterocycles. The smallest absolute Gasteiger partial charge is 0.140 e. The molecule has 2 nitrogen and oxygen atoms in total. The van der Waals surface area contributed by atoms with Crippen LogP contribution in [0, 0.1) is 11.8 Å². The minimum atomic E-state index is -1.02. The largest absolute Gasteiger partial charge is 0.379 e. The van der Waals surface area contributed by atoms with Crippen LogP contribution in [0.4, 0.5) is 0 Å². The van der Waals surface area contributed by atoms with Gasteiger partial charge in [0.25, 0.3) is 0 Å². The average molecular weight is 395 g/mol. The molecule has 0 spiro atoms. The van der Waals surface area contributed by atoms with Gasteiger partial charge in [-0.2, -0.15) is 0 Å². The summed E-state index contributed by atoms with van der Waals surface area (Å²) in [5.41, 5.74) is 4.64. The number of hydrogen-bond donors (Lipinski definition) is 1. The summed E-state index contributed by atoms with van der Waals surface area (Å²) < 4.78 is 0.984. The number of rotatable bonds is 3. The van der Waals surface area contributed by atoms with Crippen LogP contribution in [0.5, 0.6) is 0 Å². The Morgan fingerprint density at radius 3 is 2.13 bits per heavy atom. The third kappa shape index (κ3) is 3.25. The highest BCUT2D eigenvalue weighted by molar-refractivity contribution is 5.80. The van der Waals surface area contributed by atoms with E-state index < -0.39 is 5.60 Å². The summed E-state index contributed by atoms with van der Waals surface area (Å²) in [7, 11) is 2.31. The van der Waals surface area contributed by atoms with Crippen LogP contribution >= 0.6 is 0 Å². The number of hydrogen-bond acceptors (Lipinski definition) is 1. The second-order valence-corrected chi connectivity index (χ2v) is 9.06. The summed E-state index contributed by atoms with van der Waals surface area (Å²) in [5.74, 6) is 7.38. The molecule has 1 aliphatic carbocycles. The summed E-state index contributed by atoms with van der Waals surface area (Å²) in [6.45, 7) is 3.13. The van der Waals surface area contributed by atoms with Gasteiger partial charge in [0.05, 0.1) is 20.1 Å². The van der Waals surface area contributed by atoms with Crippen molar-refractivity contribution in [1.29, 1.82) is 0 Å². The topological polar surface area (TPSA) is 20.2 Å². The van der Waals surface area contributed by atoms with E-state index in [2.05, 4.69) is 61.4 Å². The van der Waals surface area contributed by atoms with E-state index in [0.717, 1.165) is 46.4 Å². The Labute approximate surface area is 179 Å². The van der Waals surface area contributed by atoms with Gasteiger partial charge in [-0.3, -0.25) is 0 Å². The molecule has 2 atom stereocenters. The Bertz CT molecular complexity index is 1080. The summed E-state index contributed by atoms with van der Waals surface area (Å²) in [4.78, 5) is 0. The molecule has 3 aromatic rings. The number of quaternary nitrogens is 1. The van der Waals surface area contributed by atoms with E-state index in [4.69, 9.17) is 0 Å². The molecule has 5 rings (SSSR count). The Morgan fingerprint density at radius 2 is 1.47 bits per heavy atom. The molecule has 0 saturated carbocycles. The highest BCUT2D eigenvalue weighted by Gasteiger charge is 2.40. The zero-order valence-electron chi connectivity index (χ0n) is 17.5. The highest BCUT2D eigenvalue weighted by Crippen LogP contribution is 2.48. The van der Waals surface area contributed by atoms with Crippen LogP contribution < -0.4 is 0 Å². The number of fused-ring (bicyclic) bond motifs is 3. The molecule has 3 aromatic carbocycles. The van der Waals surface area contributed by atoms with Gasteiger partial charge in [-0.1, -0.05) is 84.8 Å². The molecule has 0 bridgehead atoms. The third-order valence-corrected chi connectivity index (χ3v) is 6.91. The molecule has 30 heavy (non-hydrogen) atoms. The fraction of sp³-hybridized carbons (Fsp3) is 0.286. The van der Waals surface area contributed by atoms with Gasteiger partial charge < -0.3 is 9.59 Å². The van der Waals surface area contributed by atoms with Crippen molar-refractivity contribution >= 4 is 0 Å². The first-order valence-electron chi connectivity index (χ1n) is 10.9. The SMILES string of the molecule is C[N+]1(CC#CCC2(O)c3ccccc3-c3ccccc32)CC[C@H](c2ccccc2)C1. The molecule has 1 saturated heterocycles. The van der Waals surface area contributed by atoms with Crippen LogP contribution in [-0.2, 0) is 5.60 Å². The van der Waals surface area contributed by atoms with Gasteiger partial charge in [0, 0.05) is 18.8 Å². The van der Waals surface area contributed by atoms with Gasteiger partial charge in [-0.05, 0) is 33.7 Å². The van der Waals surface area contributed by atoms with Crippen molar-refractivity contribution in [3.63, 3.8) is 0 Å². The van der Waals surface area contributed by atoms with Crippen molar-refractivity contribution in [3.8, 4) is 23.0 Å². The van der Waals surface area contributed by atoms with Gasteiger partial charge in [0.15, 0.2) is 0 Å². The van der Waals surface area contributed by atoms with Gasteiger partial charge in [0.1, 0.15) is 12.1 Å². The molecule has 150 valence electrons. The van der Waals surface area contributed by atoms with Gasteiger partial charge in [-0.15, -0.1) is 0 Å². The quantitative estimate of drug-likeness (QED) is 0.493. The maximum absolute atomic E-state index is 11.6. The number of likely N-dealkylation sites (N-methyl/N-ethyl adjacent to an activating group) is 1. The zero-order chi connectivity index (χ0) is 20.6. The third-order valence-electron chi connectivity index (χ3n) is 6.91. The van der Waals surface area contributed by atoms with E-state index in [0.29, 0.717) is 12.3 Å². The van der Waals surface area contributed by atoms with Crippen LogP contribution in [-0.4, -0.2) is 36.3 Å². The fourth-order valence-electron chi connectivity index (χ4n) is 5.25. The molecule has 0 radical (unpaired) electrons. The minimum Gasteiger partial charge on any atom is -0.379 e. The molecule has 2 heteroatoms. The molecule has 1 N–H and O–H groups in total. The number of likely N-dealkylation sites (tertiary alicyclic amines) is 1. The lowest BCUT2D eigenvalue weighted by molar-refractivity contribution is -0.891. The highest BCUT2D eigenvalue weighted by atomic mass is 16.3. The van der Waals surface area contributed by atoms with E-state index in [-0.39, 0.29) is 0 Å². The molecule has 0 aromatic heterocycles. The first kappa shape index (κ1) is 19.1. The first-order chi connectivity index (χ1) is 14.6. The summed E-state index contributed by atoms with van der Waals surface area (Å²) in [6, 6.07) is 27.2. The molecule has 1 fully saturated rings. The molecular weight excluding hydrogens is 366 g/mol. The first-order valence-corrected chi connectivity index (χ1v) is 10.9. The van der Waals surface area contributed by atoms with Gasteiger partial charge >= 0.3 is 0 Å². The summed E-state index contributed by atoms with van der Waals surface area (Å²) in [6.07, 6.45) is 1.65. The lowest BCUT2D eigenvalue weighted by Gasteiger charge is -2.27.